The highest BCUT2D eigenvalue weighted by Gasteiger charge is 2.53. The molecule has 2 N–H and O–H groups in total. The monoisotopic (exact) mass is 521 g/mol. The number of thiazole rings is 1. The van der Waals surface area contributed by atoms with Gasteiger partial charge in [-0.05, 0) is 57.6 Å². The van der Waals surface area contributed by atoms with Crippen LogP contribution < -0.4 is 0 Å². The first kappa shape index (κ1) is 29.0. The van der Waals surface area contributed by atoms with Gasteiger partial charge in [-0.25, -0.2) is 4.98 Å². The maximum absolute atomic E-state index is 13.4. The van der Waals surface area contributed by atoms with E-state index in [1.807, 2.05) is 39.2 Å². The number of aromatic nitrogens is 1. The fourth-order valence-electron chi connectivity index (χ4n) is 5.29. The third-order valence-corrected chi connectivity index (χ3v) is 8.98. The number of carbonyl (C=O) groups excluding carboxylic acids is 2. The van der Waals surface area contributed by atoms with Gasteiger partial charge in [-0.2, -0.15) is 0 Å². The van der Waals surface area contributed by atoms with Crippen molar-refractivity contribution in [3.63, 3.8) is 0 Å². The fourth-order valence-corrected chi connectivity index (χ4v) is 5.86. The molecule has 8 heteroatoms. The van der Waals surface area contributed by atoms with Crippen LogP contribution in [0.3, 0.4) is 0 Å². The lowest BCUT2D eigenvalue weighted by Gasteiger charge is -2.35. The molecule has 2 aliphatic rings. The van der Waals surface area contributed by atoms with Gasteiger partial charge < -0.3 is 19.7 Å². The minimum Gasteiger partial charge on any atom is -0.458 e. The summed E-state index contributed by atoms with van der Waals surface area (Å²) in [5, 5.41) is 24.9. The number of aliphatic hydroxyl groups excluding tert-OH is 2. The van der Waals surface area contributed by atoms with Gasteiger partial charge in [0.15, 0.2) is 0 Å². The second-order valence-corrected chi connectivity index (χ2v) is 12.6. The van der Waals surface area contributed by atoms with E-state index in [1.165, 1.54) is 0 Å². The number of epoxide rings is 1. The molecule has 0 saturated carbocycles. The molecule has 36 heavy (non-hydrogen) atoms. The molecule has 0 unspecified atom stereocenters. The largest absolute Gasteiger partial charge is 0.458 e. The number of nitrogens with zero attached hydrogens (tertiary/aromatic N) is 1. The Bertz CT molecular complexity index is 971. The van der Waals surface area contributed by atoms with Crippen LogP contribution in [0.2, 0.25) is 0 Å². The molecule has 0 aliphatic carbocycles. The van der Waals surface area contributed by atoms with Crippen LogP contribution in [-0.2, 0) is 19.1 Å². The first-order valence-corrected chi connectivity index (χ1v) is 14.0. The Morgan fingerprint density at radius 2 is 1.97 bits per heavy atom. The van der Waals surface area contributed by atoms with Crippen molar-refractivity contribution in [2.75, 3.05) is 0 Å². The van der Waals surface area contributed by atoms with E-state index in [4.69, 9.17) is 9.47 Å². The molecule has 7 nitrogen and oxygen atoms in total. The highest BCUT2D eigenvalue weighted by atomic mass is 32.1. The number of aryl methyl sites for hydroxylation is 1. The van der Waals surface area contributed by atoms with Crippen LogP contribution in [-0.4, -0.2) is 57.0 Å². The number of ketones is 1. The first-order valence-electron chi connectivity index (χ1n) is 13.2. The van der Waals surface area contributed by atoms with Gasteiger partial charge in [0.05, 0.1) is 46.5 Å². The lowest BCUT2D eigenvalue weighted by Crippen LogP contribution is -2.46. The van der Waals surface area contributed by atoms with Crippen molar-refractivity contribution < 1.29 is 29.3 Å². The van der Waals surface area contributed by atoms with E-state index in [2.05, 4.69) is 11.9 Å². The van der Waals surface area contributed by atoms with Gasteiger partial charge in [-0.1, -0.05) is 34.1 Å². The van der Waals surface area contributed by atoms with E-state index in [1.54, 1.807) is 25.2 Å². The lowest BCUT2D eigenvalue weighted by molar-refractivity contribution is -0.154. The molecule has 2 saturated heterocycles. The molecule has 0 radical (unpaired) electrons. The third kappa shape index (κ3) is 6.63. The molecule has 0 aromatic carbocycles. The van der Waals surface area contributed by atoms with Crippen LogP contribution in [0.1, 0.15) is 90.8 Å². The van der Waals surface area contributed by atoms with E-state index < -0.39 is 35.6 Å². The van der Waals surface area contributed by atoms with Crippen LogP contribution in [0.4, 0.5) is 0 Å². The van der Waals surface area contributed by atoms with Gasteiger partial charge in [0, 0.05) is 17.7 Å². The summed E-state index contributed by atoms with van der Waals surface area (Å²) in [4.78, 5) is 30.9. The molecule has 1 aromatic heterocycles. The van der Waals surface area contributed by atoms with Crippen molar-refractivity contribution in [2.24, 2.45) is 17.3 Å². The molecular weight excluding hydrogens is 478 g/mol. The average Bonchev–Trinajstić information content (AvgIpc) is 3.24. The fraction of sp³-hybridized carbons (Fsp3) is 0.750. The van der Waals surface area contributed by atoms with Crippen LogP contribution >= 0.6 is 11.3 Å². The maximum atomic E-state index is 13.4. The second kappa shape index (κ2) is 11.4. The molecule has 2 aliphatic heterocycles. The molecule has 1 aromatic rings. The summed E-state index contributed by atoms with van der Waals surface area (Å²) in [5.41, 5.74) is 0.183. The minimum absolute atomic E-state index is 0.0460. The number of rotatable bonds is 3. The SMILES string of the molecule is CC[C@H]1C(=O)C(C)(C)[C@@H](O)CC(=O)O[C@H](/C(C)=C/c2csc(C)n2)C[C@H]2O[C@@]2(C)CCC[C@@H](C)[C@H]1O. The van der Waals surface area contributed by atoms with Gasteiger partial charge in [-0.15, -0.1) is 11.3 Å². The number of fused-ring (bicyclic) bond motifs is 1. The number of aliphatic hydroxyl groups is 2. The summed E-state index contributed by atoms with van der Waals surface area (Å²) in [7, 11) is 0. The summed E-state index contributed by atoms with van der Waals surface area (Å²) in [5.74, 6) is -1.45. The molecule has 3 heterocycles. The van der Waals surface area contributed by atoms with Gasteiger partial charge in [0.25, 0.3) is 0 Å². The van der Waals surface area contributed by atoms with Crippen molar-refractivity contribution >= 4 is 29.2 Å². The smallest absolute Gasteiger partial charge is 0.309 e. The molecule has 3 rings (SSSR count). The summed E-state index contributed by atoms with van der Waals surface area (Å²) in [6.07, 6.45) is 2.49. The first-order chi connectivity index (χ1) is 16.8. The Hall–Kier alpha value is -1.61. The van der Waals surface area contributed by atoms with Crippen molar-refractivity contribution in [3.8, 4) is 0 Å². The van der Waals surface area contributed by atoms with Crippen molar-refractivity contribution in [1.29, 1.82) is 0 Å². The highest BCUT2D eigenvalue weighted by molar-refractivity contribution is 7.09. The number of Topliss-reactive ketones (excluding diaryl/α,β-unsaturated/α-hetero) is 1. The molecule has 0 spiro atoms. The van der Waals surface area contributed by atoms with E-state index in [9.17, 15) is 19.8 Å². The van der Waals surface area contributed by atoms with E-state index in [0.29, 0.717) is 12.8 Å². The highest BCUT2D eigenvalue weighted by Crippen LogP contribution is 2.45. The number of carbonyl (C=O) groups is 2. The zero-order chi connectivity index (χ0) is 26.8. The average molecular weight is 522 g/mol. The van der Waals surface area contributed by atoms with Crippen LogP contribution in [0.15, 0.2) is 11.0 Å². The quantitative estimate of drug-likeness (QED) is 0.431. The molecule has 0 bridgehead atoms. The van der Waals surface area contributed by atoms with E-state index >= 15 is 0 Å². The number of ether oxygens (including phenoxy) is 2. The molecule has 202 valence electrons. The topological polar surface area (TPSA) is 109 Å². The van der Waals surface area contributed by atoms with Gasteiger partial charge in [-0.3, -0.25) is 9.59 Å². The molecule has 7 atom stereocenters. The molecule has 0 amide bonds. The maximum Gasteiger partial charge on any atom is 0.309 e. The number of hydrogen-bond acceptors (Lipinski definition) is 8. The second-order valence-electron chi connectivity index (χ2n) is 11.5. The number of esters is 1. The molecule has 2 fully saturated rings. The predicted octanol–water partition coefficient (Wildman–Crippen LogP) is 4.87. The normalized spacial score (nSPS) is 36.8. The van der Waals surface area contributed by atoms with E-state index in [0.717, 1.165) is 35.5 Å². The summed E-state index contributed by atoms with van der Waals surface area (Å²) in [6, 6.07) is 0. The minimum atomic E-state index is -1.23. The number of hydrogen-bond donors (Lipinski definition) is 2. The Balaban J connectivity index is 1.87. The Morgan fingerprint density at radius 3 is 2.58 bits per heavy atom. The van der Waals surface area contributed by atoms with Crippen molar-refractivity contribution in [1.82, 2.24) is 4.98 Å². The van der Waals surface area contributed by atoms with Gasteiger partial charge >= 0.3 is 5.97 Å². The summed E-state index contributed by atoms with van der Waals surface area (Å²) >= 11 is 1.56. The summed E-state index contributed by atoms with van der Waals surface area (Å²) < 4.78 is 12.0. The summed E-state index contributed by atoms with van der Waals surface area (Å²) in [6.45, 7) is 13.1. The van der Waals surface area contributed by atoms with Crippen LogP contribution in [0.25, 0.3) is 6.08 Å². The predicted molar refractivity (Wildman–Crippen MR) is 140 cm³/mol. The van der Waals surface area contributed by atoms with Crippen molar-refractivity contribution in [3.05, 3.63) is 21.7 Å². The Kier molecular flexibility index (Phi) is 9.18. The third-order valence-electron chi connectivity index (χ3n) is 8.19. The van der Waals surface area contributed by atoms with E-state index in [-0.39, 0.29) is 29.8 Å². The zero-order valence-electron chi connectivity index (χ0n) is 22.7. The van der Waals surface area contributed by atoms with Crippen LogP contribution in [0.5, 0.6) is 0 Å². The van der Waals surface area contributed by atoms with Gasteiger partial charge in [0.1, 0.15) is 11.9 Å². The Morgan fingerprint density at radius 1 is 1.28 bits per heavy atom. The van der Waals surface area contributed by atoms with Crippen molar-refractivity contribution in [2.45, 2.75) is 117 Å². The zero-order valence-corrected chi connectivity index (χ0v) is 23.6. The number of cyclic esters (lactones) is 1. The lowest BCUT2D eigenvalue weighted by atomic mass is 9.71. The standard InChI is InChI=1S/C28H43NO6S/c1-8-20-25(32)16(2)10-9-11-28(7)23(35-28)13-21(17(3)12-19-15-36-18(4)29-19)34-24(31)14-22(30)27(5,6)26(20)33/h12,15-16,20-23,25,30,32H,8-11,13-14H2,1-7H3/b17-12+/t16-,20-,21+,22+,23-,25-,28+/m1/s1. The molecular formula is C28H43NO6S. The Labute approximate surface area is 219 Å². The van der Waals surface area contributed by atoms with Gasteiger partial charge in [0.2, 0.25) is 0 Å². The van der Waals surface area contributed by atoms with Crippen LogP contribution in [0, 0.1) is 24.2 Å².